The predicted molar refractivity (Wildman–Crippen MR) is 108 cm³/mol. The molecule has 1 aromatic carbocycles. The third-order valence-corrected chi connectivity index (χ3v) is 5.45. The molecule has 158 valence electrons. The SMILES string of the molecule is CCOC(=O)c1csc(CCNC(=O)C2CC(Cc3ccc4c(c3)OCO4)=NO2)n1. The fraction of sp³-hybridized carbons (Fsp3) is 0.400. The van der Waals surface area contributed by atoms with Gasteiger partial charge < -0.3 is 24.4 Å². The first-order valence-corrected chi connectivity index (χ1v) is 10.5. The molecule has 1 unspecified atom stereocenters. The highest BCUT2D eigenvalue weighted by molar-refractivity contribution is 7.09. The van der Waals surface area contributed by atoms with Crippen LogP contribution in [0.2, 0.25) is 0 Å². The molecule has 3 heterocycles. The van der Waals surface area contributed by atoms with Crippen LogP contribution < -0.4 is 14.8 Å². The van der Waals surface area contributed by atoms with Crippen LogP contribution in [-0.4, -0.2) is 48.6 Å². The smallest absolute Gasteiger partial charge is 0.357 e. The summed E-state index contributed by atoms with van der Waals surface area (Å²) in [6.07, 6.45) is 0.897. The molecular formula is C20H21N3O6S. The van der Waals surface area contributed by atoms with Crippen molar-refractivity contribution in [3.63, 3.8) is 0 Å². The lowest BCUT2D eigenvalue weighted by molar-refractivity contribution is -0.131. The standard InChI is InChI=1S/C20H21N3O6S/c1-2-26-20(25)14-10-30-18(22-14)5-6-21-19(24)17-9-13(23-29-17)7-12-3-4-15-16(8-12)28-11-27-15/h3-4,8,10,17H,2,5-7,9,11H2,1H3,(H,21,24). The summed E-state index contributed by atoms with van der Waals surface area (Å²) in [6.45, 7) is 2.68. The second-order valence-corrected chi connectivity index (χ2v) is 7.65. The van der Waals surface area contributed by atoms with Crippen molar-refractivity contribution in [2.24, 2.45) is 5.16 Å². The summed E-state index contributed by atoms with van der Waals surface area (Å²) in [4.78, 5) is 33.5. The number of rotatable bonds is 8. The molecule has 0 saturated heterocycles. The number of benzene rings is 1. The zero-order valence-electron chi connectivity index (χ0n) is 16.4. The van der Waals surface area contributed by atoms with Crippen molar-refractivity contribution in [1.82, 2.24) is 10.3 Å². The molecular weight excluding hydrogens is 410 g/mol. The summed E-state index contributed by atoms with van der Waals surface area (Å²) in [5, 5.41) is 9.30. The Morgan fingerprint density at radius 3 is 3.03 bits per heavy atom. The molecule has 1 amide bonds. The molecule has 1 atom stereocenters. The number of carbonyl (C=O) groups is 2. The lowest BCUT2D eigenvalue weighted by Gasteiger charge is -2.08. The molecule has 0 spiro atoms. The van der Waals surface area contributed by atoms with Gasteiger partial charge in [-0.2, -0.15) is 0 Å². The van der Waals surface area contributed by atoms with E-state index < -0.39 is 12.1 Å². The van der Waals surface area contributed by atoms with Crippen molar-refractivity contribution in [2.45, 2.75) is 32.3 Å². The van der Waals surface area contributed by atoms with Gasteiger partial charge in [-0.3, -0.25) is 4.79 Å². The molecule has 2 aromatic rings. The summed E-state index contributed by atoms with van der Waals surface area (Å²) in [5.41, 5.74) is 2.11. The Morgan fingerprint density at radius 2 is 2.17 bits per heavy atom. The third kappa shape index (κ3) is 4.70. The highest BCUT2D eigenvalue weighted by atomic mass is 32.1. The summed E-state index contributed by atoms with van der Waals surface area (Å²) in [6, 6.07) is 5.73. The Labute approximate surface area is 177 Å². The van der Waals surface area contributed by atoms with E-state index in [1.165, 1.54) is 11.3 Å². The van der Waals surface area contributed by atoms with Gasteiger partial charge >= 0.3 is 5.97 Å². The molecule has 30 heavy (non-hydrogen) atoms. The van der Waals surface area contributed by atoms with Crippen molar-refractivity contribution < 1.29 is 28.6 Å². The second-order valence-electron chi connectivity index (χ2n) is 6.71. The molecule has 10 heteroatoms. The highest BCUT2D eigenvalue weighted by Gasteiger charge is 2.28. The van der Waals surface area contributed by atoms with Crippen LogP contribution in [0.5, 0.6) is 11.5 Å². The van der Waals surface area contributed by atoms with Gasteiger partial charge in [-0.05, 0) is 24.6 Å². The number of nitrogens with zero attached hydrogens (tertiary/aromatic N) is 2. The van der Waals surface area contributed by atoms with E-state index in [1.54, 1.807) is 12.3 Å². The first-order chi connectivity index (χ1) is 14.6. The normalized spacial score (nSPS) is 16.7. The van der Waals surface area contributed by atoms with Crippen LogP contribution in [0.25, 0.3) is 0 Å². The maximum atomic E-state index is 12.3. The van der Waals surface area contributed by atoms with Crippen molar-refractivity contribution in [2.75, 3.05) is 19.9 Å². The van der Waals surface area contributed by atoms with Crippen molar-refractivity contribution >= 4 is 28.9 Å². The summed E-state index contributed by atoms with van der Waals surface area (Å²) < 4.78 is 15.6. The molecule has 0 fully saturated rings. The van der Waals surface area contributed by atoms with Crippen LogP contribution in [0, 0.1) is 0 Å². The topological polar surface area (TPSA) is 108 Å². The average Bonchev–Trinajstić information content (AvgIpc) is 3.48. The Bertz CT molecular complexity index is 973. The number of thiazole rings is 1. The first kappa shape index (κ1) is 20.1. The number of aromatic nitrogens is 1. The van der Waals surface area contributed by atoms with Crippen LogP contribution >= 0.6 is 11.3 Å². The lowest BCUT2D eigenvalue weighted by atomic mass is 10.0. The molecule has 2 aliphatic rings. The molecule has 0 radical (unpaired) electrons. The average molecular weight is 431 g/mol. The van der Waals surface area contributed by atoms with E-state index in [4.69, 9.17) is 19.0 Å². The monoisotopic (exact) mass is 431 g/mol. The molecule has 1 N–H and O–H groups in total. The fourth-order valence-electron chi connectivity index (χ4n) is 3.09. The summed E-state index contributed by atoms with van der Waals surface area (Å²) in [7, 11) is 0. The molecule has 0 saturated carbocycles. The molecule has 0 bridgehead atoms. The molecule has 1 aromatic heterocycles. The van der Waals surface area contributed by atoms with Crippen molar-refractivity contribution in [1.29, 1.82) is 0 Å². The van der Waals surface area contributed by atoms with Crippen LogP contribution in [-0.2, 0) is 27.2 Å². The second kappa shape index (κ2) is 9.12. The van der Waals surface area contributed by atoms with Gasteiger partial charge in [0.15, 0.2) is 17.2 Å². The zero-order valence-corrected chi connectivity index (χ0v) is 17.2. The molecule has 4 rings (SSSR count). The van der Waals surface area contributed by atoms with Crippen LogP contribution in [0.3, 0.4) is 0 Å². The van der Waals surface area contributed by atoms with Gasteiger partial charge in [0.1, 0.15) is 0 Å². The Balaban J connectivity index is 1.21. The van der Waals surface area contributed by atoms with Gasteiger partial charge in [0.05, 0.1) is 17.3 Å². The highest BCUT2D eigenvalue weighted by Crippen LogP contribution is 2.33. The number of fused-ring (bicyclic) bond motifs is 1. The van der Waals surface area contributed by atoms with Gasteiger partial charge in [0, 0.05) is 31.2 Å². The van der Waals surface area contributed by atoms with E-state index in [-0.39, 0.29) is 12.7 Å². The predicted octanol–water partition coefficient (Wildman–Crippen LogP) is 2.09. The maximum absolute atomic E-state index is 12.3. The number of nitrogens with one attached hydrogen (secondary N) is 1. The van der Waals surface area contributed by atoms with Crippen LogP contribution in [0.15, 0.2) is 28.7 Å². The van der Waals surface area contributed by atoms with Crippen LogP contribution in [0.4, 0.5) is 0 Å². The molecule has 9 nitrogen and oxygen atoms in total. The minimum atomic E-state index is -0.639. The minimum Gasteiger partial charge on any atom is -0.461 e. The Kier molecular flexibility index (Phi) is 6.12. The van der Waals surface area contributed by atoms with Gasteiger partial charge in [-0.1, -0.05) is 11.2 Å². The quantitative estimate of drug-likeness (QED) is 0.638. The maximum Gasteiger partial charge on any atom is 0.357 e. The van der Waals surface area contributed by atoms with E-state index in [1.807, 2.05) is 18.2 Å². The van der Waals surface area contributed by atoms with E-state index in [0.29, 0.717) is 38.1 Å². The molecule has 0 aliphatic carbocycles. The van der Waals surface area contributed by atoms with E-state index in [0.717, 1.165) is 27.8 Å². The molecule has 2 aliphatic heterocycles. The van der Waals surface area contributed by atoms with Gasteiger partial charge in [0.25, 0.3) is 5.91 Å². The number of amides is 1. The number of hydrogen-bond donors (Lipinski definition) is 1. The third-order valence-electron chi connectivity index (χ3n) is 4.54. The summed E-state index contributed by atoms with van der Waals surface area (Å²) >= 11 is 1.36. The number of carbonyl (C=O) groups excluding carboxylic acids is 2. The number of ether oxygens (including phenoxy) is 3. The van der Waals surface area contributed by atoms with E-state index in [2.05, 4.69) is 15.5 Å². The van der Waals surface area contributed by atoms with Crippen LogP contribution in [0.1, 0.15) is 34.4 Å². The zero-order chi connectivity index (χ0) is 20.9. The fourth-order valence-corrected chi connectivity index (χ4v) is 3.86. The largest absolute Gasteiger partial charge is 0.461 e. The van der Waals surface area contributed by atoms with Crippen molar-refractivity contribution in [3.05, 3.63) is 39.8 Å². The van der Waals surface area contributed by atoms with E-state index in [9.17, 15) is 9.59 Å². The van der Waals surface area contributed by atoms with Gasteiger partial charge in [-0.15, -0.1) is 11.3 Å². The first-order valence-electron chi connectivity index (χ1n) is 9.61. The Morgan fingerprint density at radius 1 is 1.30 bits per heavy atom. The van der Waals surface area contributed by atoms with Gasteiger partial charge in [0.2, 0.25) is 12.9 Å². The minimum absolute atomic E-state index is 0.221. The van der Waals surface area contributed by atoms with Crippen molar-refractivity contribution in [3.8, 4) is 11.5 Å². The number of hydrogen-bond acceptors (Lipinski definition) is 9. The number of oxime groups is 1. The lowest BCUT2D eigenvalue weighted by Crippen LogP contribution is -2.36. The van der Waals surface area contributed by atoms with E-state index >= 15 is 0 Å². The summed E-state index contributed by atoms with van der Waals surface area (Å²) in [5.74, 6) is 0.793. The Hall–Kier alpha value is -3.14. The number of esters is 1. The van der Waals surface area contributed by atoms with Gasteiger partial charge in [-0.25, -0.2) is 9.78 Å².